The number of rotatable bonds is 5. The molecule has 1 aliphatic carbocycles. The van der Waals surface area contributed by atoms with Crippen LogP contribution in [0.4, 0.5) is 11.4 Å². The van der Waals surface area contributed by atoms with Crippen molar-refractivity contribution < 1.29 is 9.59 Å². The summed E-state index contributed by atoms with van der Waals surface area (Å²) in [6.07, 6.45) is 12.8. The summed E-state index contributed by atoms with van der Waals surface area (Å²) < 4.78 is 0. The first-order chi connectivity index (χ1) is 16.1. The Morgan fingerprint density at radius 2 is 1.85 bits per heavy atom. The summed E-state index contributed by atoms with van der Waals surface area (Å²) in [6, 6.07) is 7.93. The molecule has 2 aliphatic heterocycles. The van der Waals surface area contributed by atoms with Crippen molar-refractivity contribution in [3.05, 3.63) is 82.8 Å². The molecular formula is C27H31N3O2S. The number of carbonyl (C=O) groups excluding carboxylic acids is 2. The number of piperazine rings is 1. The molecule has 0 spiro atoms. The van der Waals surface area contributed by atoms with Crippen LogP contribution in [-0.4, -0.2) is 48.6 Å². The highest BCUT2D eigenvalue weighted by atomic mass is 32.2. The normalized spacial score (nSPS) is 21.1. The average molecular weight is 462 g/mol. The van der Waals surface area contributed by atoms with E-state index in [2.05, 4.69) is 35.0 Å². The van der Waals surface area contributed by atoms with Crippen LogP contribution in [0.3, 0.4) is 0 Å². The van der Waals surface area contributed by atoms with E-state index in [4.69, 9.17) is 0 Å². The molecule has 1 aromatic carbocycles. The second kappa shape index (κ2) is 10.8. The number of allylic oxidation sites excluding steroid dienone is 6. The van der Waals surface area contributed by atoms with Crippen LogP contribution in [0.5, 0.6) is 0 Å². The van der Waals surface area contributed by atoms with E-state index in [1.165, 1.54) is 5.57 Å². The van der Waals surface area contributed by atoms with Gasteiger partial charge in [0.05, 0.1) is 4.91 Å². The molecule has 0 atom stereocenters. The molecule has 1 N–H and O–H groups in total. The van der Waals surface area contributed by atoms with Gasteiger partial charge >= 0.3 is 0 Å². The van der Waals surface area contributed by atoms with Crippen LogP contribution in [0.15, 0.2) is 82.8 Å². The van der Waals surface area contributed by atoms with Crippen molar-refractivity contribution in [2.75, 3.05) is 42.1 Å². The number of thioether (sulfide) groups is 1. The molecule has 0 unspecified atom stereocenters. The van der Waals surface area contributed by atoms with Gasteiger partial charge in [-0.3, -0.25) is 9.59 Å². The van der Waals surface area contributed by atoms with Gasteiger partial charge < -0.3 is 15.1 Å². The van der Waals surface area contributed by atoms with Gasteiger partial charge in [0.15, 0.2) is 0 Å². The minimum absolute atomic E-state index is 0.148. The van der Waals surface area contributed by atoms with Crippen LogP contribution in [-0.2, 0) is 9.59 Å². The molecule has 1 aromatic rings. The minimum atomic E-state index is -0.148. The van der Waals surface area contributed by atoms with E-state index in [0.29, 0.717) is 5.57 Å². The number of amides is 2. The third kappa shape index (κ3) is 5.33. The molecule has 33 heavy (non-hydrogen) atoms. The Hall–Kier alpha value is -2.99. The molecule has 6 heteroatoms. The number of benzene rings is 1. The summed E-state index contributed by atoms with van der Waals surface area (Å²) in [4.78, 5) is 30.7. The van der Waals surface area contributed by atoms with Crippen LogP contribution in [0.1, 0.15) is 26.2 Å². The van der Waals surface area contributed by atoms with Crippen molar-refractivity contribution in [2.24, 2.45) is 0 Å². The van der Waals surface area contributed by atoms with Gasteiger partial charge in [-0.2, -0.15) is 0 Å². The van der Waals surface area contributed by atoms with E-state index in [1.54, 1.807) is 17.8 Å². The van der Waals surface area contributed by atoms with Gasteiger partial charge in [-0.25, -0.2) is 0 Å². The Morgan fingerprint density at radius 3 is 2.48 bits per heavy atom. The van der Waals surface area contributed by atoms with Gasteiger partial charge in [0.2, 0.25) is 0 Å². The van der Waals surface area contributed by atoms with Crippen LogP contribution in [0, 0.1) is 0 Å². The Balaban J connectivity index is 1.37. The predicted octanol–water partition coefficient (Wildman–Crippen LogP) is 5.07. The summed E-state index contributed by atoms with van der Waals surface area (Å²) in [6.45, 7) is 8.94. The highest BCUT2D eigenvalue weighted by Crippen LogP contribution is 2.29. The molecule has 3 aliphatic rings. The topological polar surface area (TPSA) is 52.7 Å². The molecule has 0 radical (unpaired) electrons. The Bertz CT molecular complexity index is 1040. The number of anilines is 2. The van der Waals surface area contributed by atoms with Crippen LogP contribution in [0.25, 0.3) is 0 Å². The number of nitrogens with zero attached hydrogens (tertiary/aromatic N) is 2. The zero-order chi connectivity index (χ0) is 23.2. The van der Waals surface area contributed by atoms with E-state index < -0.39 is 0 Å². The van der Waals surface area contributed by atoms with Crippen molar-refractivity contribution in [1.82, 2.24) is 4.90 Å². The Kier molecular flexibility index (Phi) is 7.55. The number of hydrogen-bond acceptors (Lipinski definition) is 4. The molecular weight excluding hydrogens is 430 g/mol. The fourth-order valence-electron chi connectivity index (χ4n) is 4.41. The van der Waals surface area contributed by atoms with Crippen LogP contribution in [0.2, 0.25) is 0 Å². The summed E-state index contributed by atoms with van der Waals surface area (Å²) in [7, 11) is 0. The molecule has 0 saturated carbocycles. The standard InChI is InChI=1S/C27H31N3O2S/c1-3-20-8-5-6-9-24(20)23(4-2)26(31)28-21-11-13-22(14-12-21)29-15-17-30(18-16-29)27(32)25-10-7-19-33-25/h3-4,6,9-14H,2,5,7-8,15-19H2,1H3,(H,28,31)/b20-3-,24-23+. The smallest absolute Gasteiger partial charge is 0.260 e. The fourth-order valence-corrected chi connectivity index (χ4v) is 5.36. The fraction of sp³-hybridized carbons (Fsp3) is 0.333. The second-order valence-electron chi connectivity index (χ2n) is 8.27. The number of carbonyl (C=O) groups is 2. The molecule has 2 heterocycles. The quantitative estimate of drug-likeness (QED) is 0.622. The Morgan fingerprint density at radius 1 is 1.09 bits per heavy atom. The first-order valence-corrected chi connectivity index (χ1v) is 12.6. The molecule has 0 aromatic heterocycles. The van der Waals surface area contributed by atoms with Gasteiger partial charge in [-0.15, -0.1) is 11.8 Å². The molecule has 1 fully saturated rings. The van der Waals surface area contributed by atoms with E-state index >= 15 is 0 Å². The SMILES string of the molecule is C=C/C(C(=O)Nc1ccc(N2CCN(C(=O)C3=CCCS3)CC2)cc1)=C1/C=CCC/C1=C/C. The van der Waals surface area contributed by atoms with Crippen molar-refractivity contribution in [3.63, 3.8) is 0 Å². The first kappa shape index (κ1) is 23.2. The molecule has 2 amide bonds. The highest BCUT2D eigenvalue weighted by Gasteiger charge is 2.25. The molecule has 4 rings (SSSR count). The number of nitrogens with one attached hydrogen (secondary N) is 1. The Labute approximate surface area is 200 Å². The molecule has 5 nitrogen and oxygen atoms in total. The maximum atomic E-state index is 12.9. The van der Waals surface area contributed by atoms with E-state index in [-0.39, 0.29) is 11.8 Å². The van der Waals surface area contributed by atoms with Crippen LogP contribution < -0.4 is 10.2 Å². The minimum Gasteiger partial charge on any atom is -0.368 e. The largest absolute Gasteiger partial charge is 0.368 e. The van der Waals surface area contributed by atoms with E-state index in [9.17, 15) is 9.59 Å². The zero-order valence-corrected chi connectivity index (χ0v) is 20.0. The zero-order valence-electron chi connectivity index (χ0n) is 19.2. The number of hydrogen-bond donors (Lipinski definition) is 1. The average Bonchev–Trinajstić information content (AvgIpc) is 3.40. The van der Waals surface area contributed by atoms with Gasteiger partial charge in [-0.1, -0.05) is 37.0 Å². The molecule has 172 valence electrons. The van der Waals surface area contributed by atoms with Gasteiger partial charge in [0.1, 0.15) is 0 Å². The first-order valence-electron chi connectivity index (χ1n) is 11.6. The lowest BCUT2D eigenvalue weighted by Crippen LogP contribution is -2.48. The molecule has 0 bridgehead atoms. The van der Waals surface area contributed by atoms with E-state index in [1.807, 2.05) is 42.2 Å². The summed E-state index contributed by atoms with van der Waals surface area (Å²) in [5.41, 5.74) is 4.58. The summed E-state index contributed by atoms with van der Waals surface area (Å²) in [5, 5.41) is 3.01. The third-order valence-corrected chi connectivity index (χ3v) is 7.36. The van der Waals surface area contributed by atoms with Crippen molar-refractivity contribution in [1.29, 1.82) is 0 Å². The second-order valence-corrected chi connectivity index (χ2v) is 9.41. The lowest BCUT2D eigenvalue weighted by atomic mass is 9.91. The van der Waals surface area contributed by atoms with Crippen molar-refractivity contribution >= 4 is 35.0 Å². The highest BCUT2D eigenvalue weighted by molar-refractivity contribution is 8.04. The molecule has 1 saturated heterocycles. The summed E-state index contributed by atoms with van der Waals surface area (Å²) in [5.74, 6) is 1.05. The maximum Gasteiger partial charge on any atom is 0.260 e. The third-order valence-electron chi connectivity index (χ3n) is 6.27. The van der Waals surface area contributed by atoms with Gasteiger partial charge in [0.25, 0.3) is 11.8 Å². The van der Waals surface area contributed by atoms with E-state index in [0.717, 1.165) is 73.0 Å². The maximum absolute atomic E-state index is 12.9. The predicted molar refractivity (Wildman–Crippen MR) is 138 cm³/mol. The summed E-state index contributed by atoms with van der Waals surface area (Å²) >= 11 is 1.67. The van der Waals surface area contributed by atoms with Gasteiger partial charge in [-0.05, 0) is 61.6 Å². The monoisotopic (exact) mass is 461 g/mol. The van der Waals surface area contributed by atoms with Crippen molar-refractivity contribution in [2.45, 2.75) is 26.2 Å². The van der Waals surface area contributed by atoms with Crippen molar-refractivity contribution in [3.8, 4) is 0 Å². The lowest BCUT2D eigenvalue weighted by molar-refractivity contribution is -0.126. The van der Waals surface area contributed by atoms with Crippen LogP contribution >= 0.6 is 11.8 Å². The lowest BCUT2D eigenvalue weighted by Gasteiger charge is -2.36. The van der Waals surface area contributed by atoms with Gasteiger partial charge in [0, 0.05) is 48.9 Å².